The molecule has 1 atom stereocenters. The molecule has 0 saturated heterocycles. The SMILES string of the molecule is CC[C@H](NC(=O)c1ccc(C)c(N(C)S(=O)(=O)c2ccc(C)cc2)c1)c1ccccc1. The van der Waals surface area contributed by atoms with E-state index >= 15 is 0 Å². The van der Waals surface area contributed by atoms with Crippen LogP contribution in [0.4, 0.5) is 5.69 Å². The summed E-state index contributed by atoms with van der Waals surface area (Å²) in [5.41, 5.74) is 3.68. The minimum absolute atomic E-state index is 0.118. The van der Waals surface area contributed by atoms with Crippen LogP contribution in [-0.4, -0.2) is 21.4 Å². The number of benzene rings is 3. The van der Waals surface area contributed by atoms with Crippen molar-refractivity contribution in [2.75, 3.05) is 11.4 Å². The van der Waals surface area contributed by atoms with Crippen molar-refractivity contribution >= 4 is 21.6 Å². The van der Waals surface area contributed by atoms with Gasteiger partial charge in [-0.25, -0.2) is 8.42 Å². The van der Waals surface area contributed by atoms with Gasteiger partial charge in [0, 0.05) is 12.6 Å². The fraction of sp³-hybridized carbons (Fsp3) is 0.240. The van der Waals surface area contributed by atoms with Gasteiger partial charge in [-0.1, -0.05) is 61.0 Å². The van der Waals surface area contributed by atoms with Crippen molar-refractivity contribution in [3.05, 3.63) is 95.1 Å². The maximum absolute atomic E-state index is 13.1. The Kier molecular flexibility index (Phi) is 6.81. The molecule has 5 nitrogen and oxygen atoms in total. The summed E-state index contributed by atoms with van der Waals surface area (Å²) in [7, 11) is -2.23. The summed E-state index contributed by atoms with van der Waals surface area (Å²) in [5.74, 6) is -0.238. The van der Waals surface area contributed by atoms with Gasteiger partial charge in [0.2, 0.25) is 0 Å². The molecule has 1 amide bonds. The second-order valence-electron chi connectivity index (χ2n) is 7.63. The highest BCUT2D eigenvalue weighted by Gasteiger charge is 2.24. The molecule has 0 bridgehead atoms. The zero-order valence-corrected chi connectivity index (χ0v) is 19.1. The highest BCUT2D eigenvalue weighted by atomic mass is 32.2. The number of nitrogens with one attached hydrogen (secondary N) is 1. The Labute approximate surface area is 184 Å². The van der Waals surface area contributed by atoms with E-state index in [-0.39, 0.29) is 16.8 Å². The van der Waals surface area contributed by atoms with E-state index < -0.39 is 10.0 Å². The fourth-order valence-electron chi connectivity index (χ4n) is 3.44. The molecule has 6 heteroatoms. The van der Waals surface area contributed by atoms with Crippen LogP contribution < -0.4 is 9.62 Å². The summed E-state index contributed by atoms with van der Waals surface area (Å²) < 4.78 is 27.5. The van der Waals surface area contributed by atoms with E-state index in [1.807, 2.05) is 51.1 Å². The van der Waals surface area contributed by atoms with Gasteiger partial charge in [0.05, 0.1) is 16.6 Å². The van der Waals surface area contributed by atoms with Crippen LogP contribution in [0.2, 0.25) is 0 Å². The molecule has 0 heterocycles. The molecule has 31 heavy (non-hydrogen) atoms. The zero-order valence-electron chi connectivity index (χ0n) is 18.3. The first-order chi connectivity index (χ1) is 14.7. The number of rotatable bonds is 7. The molecule has 0 aliphatic rings. The van der Waals surface area contributed by atoms with E-state index in [0.29, 0.717) is 11.3 Å². The molecular weight excluding hydrogens is 408 g/mol. The molecule has 0 saturated carbocycles. The van der Waals surface area contributed by atoms with Crippen LogP contribution in [0.1, 0.15) is 46.4 Å². The number of hydrogen-bond acceptors (Lipinski definition) is 3. The van der Waals surface area contributed by atoms with Gasteiger partial charge in [-0.3, -0.25) is 9.10 Å². The van der Waals surface area contributed by atoms with Crippen LogP contribution >= 0.6 is 0 Å². The Morgan fingerprint density at radius 2 is 1.61 bits per heavy atom. The molecule has 1 N–H and O–H groups in total. The standard InChI is InChI=1S/C25H28N2O3S/c1-5-23(20-9-7-6-8-10-20)26-25(28)21-14-13-19(3)24(17-21)27(4)31(29,30)22-15-11-18(2)12-16-22/h6-17,23H,5H2,1-4H3,(H,26,28)/t23-/m0/s1. The van der Waals surface area contributed by atoms with E-state index in [0.717, 1.165) is 23.1 Å². The van der Waals surface area contributed by atoms with Gasteiger partial charge in [0.25, 0.3) is 15.9 Å². The summed E-state index contributed by atoms with van der Waals surface area (Å²) in [6.45, 7) is 5.75. The Morgan fingerprint density at radius 3 is 2.23 bits per heavy atom. The molecule has 0 radical (unpaired) electrons. The third kappa shape index (κ3) is 4.97. The smallest absolute Gasteiger partial charge is 0.264 e. The van der Waals surface area contributed by atoms with Crippen molar-refractivity contribution in [1.29, 1.82) is 0 Å². The minimum Gasteiger partial charge on any atom is -0.345 e. The van der Waals surface area contributed by atoms with E-state index in [2.05, 4.69) is 5.32 Å². The maximum atomic E-state index is 13.1. The number of nitrogens with zero attached hydrogens (tertiary/aromatic N) is 1. The monoisotopic (exact) mass is 436 g/mol. The lowest BCUT2D eigenvalue weighted by Crippen LogP contribution is -2.30. The van der Waals surface area contributed by atoms with E-state index in [1.165, 1.54) is 11.4 Å². The third-order valence-corrected chi connectivity index (χ3v) is 7.19. The van der Waals surface area contributed by atoms with Gasteiger partial charge in [-0.2, -0.15) is 0 Å². The first-order valence-corrected chi connectivity index (χ1v) is 11.7. The van der Waals surface area contributed by atoms with E-state index in [4.69, 9.17) is 0 Å². The summed E-state index contributed by atoms with van der Waals surface area (Å²) in [6.07, 6.45) is 0.746. The average Bonchev–Trinajstić information content (AvgIpc) is 2.78. The van der Waals surface area contributed by atoms with Gasteiger partial charge in [0.15, 0.2) is 0 Å². The van der Waals surface area contributed by atoms with Crippen LogP contribution in [-0.2, 0) is 10.0 Å². The van der Waals surface area contributed by atoms with Crippen LogP contribution in [0, 0.1) is 13.8 Å². The average molecular weight is 437 g/mol. The molecule has 0 aromatic heterocycles. The van der Waals surface area contributed by atoms with Crippen molar-refractivity contribution in [2.45, 2.75) is 38.1 Å². The lowest BCUT2D eigenvalue weighted by Gasteiger charge is -2.23. The molecule has 162 valence electrons. The van der Waals surface area contributed by atoms with Crippen molar-refractivity contribution < 1.29 is 13.2 Å². The molecule has 3 aromatic carbocycles. The fourth-order valence-corrected chi connectivity index (χ4v) is 4.69. The van der Waals surface area contributed by atoms with Gasteiger partial charge < -0.3 is 5.32 Å². The molecule has 0 fully saturated rings. The summed E-state index contributed by atoms with van der Waals surface area (Å²) in [5, 5.41) is 3.05. The lowest BCUT2D eigenvalue weighted by atomic mass is 10.0. The van der Waals surface area contributed by atoms with E-state index in [1.54, 1.807) is 42.5 Å². The van der Waals surface area contributed by atoms with Gasteiger partial charge in [0.1, 0.15) is 0 Å². The highest BCUT2D eigenvalue weighted by molar-refractivity contribution is 7.92. The summed E-state index contributed by atoms with van der Waals surface area (Å²) in [6, 6.07) is 21.5. The number of sulfonamides is 1. The number of hydrogen-bond donors (Lipinski definition) is 1. The normalized spacial score (nSPS) is 12.3. The van der Waals surface area contributed by atoms with Crippen LogP contribution in [0.3, 0.4) is 0 Å². The number of aryl methyl sites for hydroxylation is 2. The van der Waals surface area contributed by atoms with Crippen molar-refractivity contribution in [1.82, 2.24) is 5.32 Å². The quantitative estimate of drug-likeness (QED) is 0.566. The highest BCUT2D eigenvalue weighted by Crippen LogP contribution is 2.27. The maximum Gasteiger partial charge on any atom is 0.264 e. The topological polar surface area (TPSA) is 66.5 Å². The predicted octanol–water partition coefficient (Wildman–Crippen LogP) is 5.01. The summed E-state index contributed by atoms with van der Waals surface area (Å²) in [4.78, 5) is 13.2. The lowest BCUT2D eigenvalue weighted by molar-refractivity contribution is 0.0935. The predicted molar refractivity (Wildman–Crippen MR) is 125 cm³/mol. The molecular formula is C25H28N2O3S. The van der Waals surface area contributed by atoms with Gasteiger partial charge in [-0.15, -0.1) is 0 Å². The molecule has 0 aliphatic heterocycles. The van der Waals surface area contributed by atoms with Crippen LogP contribution in [0.15, 0.2) is 77.7 Å². The van der Waals surface area contributed by atoms with Gasteiger partial charge in [-0.05, 0) is 55.7 Å². The number of anilines is 1. The Hall–Kier alpha value is -3.12. The Balaban J connectivity index is 1.88. The number of amides is 1. The molecule has 3 rings (SSSR count). The third-order valence-electron chi connectivity index (χ3n) is 5.41. The van der Waals surface area contributed by atoms with Crippen LogP contribution in [0.25, 0.3) is 0 Å². The minimum atomic E-state index is -3.74. The molecule has 0 aliphatic carbocycles. The second kappa shape index (κ2) is 9.35. The molecule has 0 unspecified atom stereocenters. The van der Waals surface area contributed by atoms with Crippen molar-refractivity contribution in [2.24, 2.45) is 0 Å². The first-order valence-electron chi connectivity index (χ1n) is 10.3. The Morgan fingerprint density at radius 1 is 0.968 bits per heavy atom. The first kappa shape index (κ1) is 22.6. The van der Waals surface area contributed by atoms with Gasteiger partial charge >= 0.3 is 0 Å². The van der Waals surface area contributed by atoms with Crippen LogP contribution in [0.5, 0.6) is 0 Å². The largest absolute Gasteiger partial charge is 0.345 e. The zero-order chi connectivity index (χ0) is 22.6. The van der Waals surface area contributed by atoms with E-state index in [9.17, 15) is 13.2 Å². The van der Waals surface area contributed by atoms with Crippen molar-refractivity contribution in [3.63, 3.8) is 0 Å². The summed E-state index contributed by atoms with van der Waals surface area (Å²) >= 11 is 0. The number of carbonyl (C=O) groups is 1. The number of carbonyl (C=O) groups excluding carboxylic acids is 1. The molecule has 0 spiro atoms. The molecule has 3 aromatic rings. The Bertz CT molecular complexity index is 1160. The second-order valence-corrected chi connectivity index (χ2v) is 9.60. The van der Waals surface area contributed by atoms with Crippen molar-refractivity contribution in [3.8, 4) is 0 Å².